The molecule has 0 aromatic carbocycles. The van der Waals surface area contributed by atoms with Crippen molar-refractivity contribution >= 4 is 11.7 Å². The minimum atomic E-state index is -1.17. The van der Waals surface area contributed by atoms with E-state index < -0.39 is 17.7 Å². The predicted molar refractivity (Wildman–Crippen MR) is 141 cm³/mol. The van der Waals surface area contributed by atoms with Gasteiger partial charge in [0.1, 0.15) is 5.75 Å². The quantitative estimate of drug-likeness (QED) is 0.488. The highest BCUT2D eigenvalue weighted by atomic mass is 16.5. The second-order valence-corrected chi connectivity index (χ2v) is 11.2. The number of pyridine rings is 2. The molecule has 1 aliphatic heterocycles. The number of hydrogen-bond acceptors (Lipinski definition) is 7. The zero-order valence-corrected chi connectivity index (χ0v) is 22.9. The molecule has 1 fully saturated rings. The summed E-state index contributed by atoms with van der Waals surface area (Å²) in [6.45, 7) is 15.8. The Kier molecular flexibility index (Phi) is 8.62. The van der Waals surface area contributed by atoms with E-state index in [0.29, 0.717) is 48.3 Å². The number of rotatable bonds is 9. The van der Waals surface area contributed by atoms with E-state index in [4.69, 9.17) is 14.2 Å². The first kappa shape index (κ1) is 27.9. The summed E-state index contributed by atoms with van der Waals surface area (Å²) in [6.07, 6.45) is 3.95. The van der Waals surface area contributed by atoms with Gasteiger partial charge in [0.05, 0.1) is 35.4 Å². The number of aliphatic carboxylic acids is 1. The number of methoxy groups -OCH3 is 1. The van der Waals surface area contributed by atoms with Crippen LogP contribution < -0.4 is 9.64 Å². The fourth-order valence-electron chi connectivity index (χ4n) is 4.33. The minimum absolute atomic E-state index is 0.208. The fraction of sp³-hybridized carbons (Fsp3) is 0.607. The molecule has 0 aliphatic carbocycles. The molecule has 2 aromatic rings. The molecule has 0 amide bonds. The number of aryl methyl sites for hydroxylation is 1. The molecule has 0 unspecified atom stereocenters. The zero-order chi connectivity index (χ0) is 26.7. The van der Waals surface area contributed by atoms with Crippen LogP contribution in [0.1, 0.15) is 71.7 Å². The molecule has 0 bridgehead atoms. The van der Waals surface area contributed by atoms with Gasteiger partial charge in [0.2, 0.25) is 0 Å². The van der Waals surface area contributed by atoms with E-state index in [1.165, 1.54) is 0 Å². The van der Waals surface area contributed by atoms with Gasteiger partial charge >= 0.3 is 5.97 Å². The van der Waals surface area contributed by atoms with Gasteiger partial charge in [-0.15, -0.1) is 0 Å². The van der Waals surface area contributed by atoms with Crippen LogP contribution in [0.25, 0.3) is 11.3 Å². The molecule has 1 N–H and O–H groups in total. The normalized spacial score (nSPS) is 16.8. The Bertz CT molecular complexity index is 1040. The van der Waals surface area contributed by atoms with Crippen LogP contribution in [0.15, 0.2) is 24.5 Å². The Morgan fingerprint density at radius 2 is 1.83 bits per heavy atom. The number of hydrogen-bond donors (Lipinski definition) is 1. The summed E-state index contributed by atoms with van der Waals surface area (Å²) in [7, 11) is 1.74. The van der Waals surface area contributed by atoms with Crippen molar-refractivity contribution < 1.29 is 24.1 Å². The van der Waals surface area contributed by atoms with Crippen molar-refractivity contribution in [2.75, 3.05) is 31.7 Å². The van der Waals surface area contributed by atoms with Gasteiger partial charge in [-0.05, 0) is 65.5 Å². The standard InChI is InChI=1S/C28H41N3O5/c1-18(2)17-35-20-9-10-22(30-15-20)21-16-29-19(3)23(25(26(32)33)36-27(4,5)6)24(21)31-13-11-28(7,34-8)12-14-31/h9-10,15-16,18,25H,11-14,17H2,1-8H3,(H,32,33)/t25-/m0/s1. The molecule has 3 heterocycles. The molecule has 1 atom stereocenters. The lowest BCUT2D eigenvalue weighted by atomic mass is 9.91. The van der Waals surface area contributed by atoms with E-state index in [2.05, 4.69) is 35.6 Å². The number of anilines is 1. The maximum atomic E-state index is 12.5. The first-order valence-corrected chi connectivity index (χ1v) is 12.6. The molecule has 2 aromatic heterocycles. The van der Waals surface area contributed by atoms with Gasteiger partial charge in [-0.1, -0.05) is 13.8 Å². The van der Waals surface area contributed by atoms with Crippen LogP contribution in [0.3, 0.4) is 0 Å². The van der Waals surface area contributed by atoms with Crippen LogP contribution in [0, 0.1) is 12.8 Å². The van der Waals surface area contributed by atoms with Crippen molar-refractivity contribution in [1.29, 1.82) is 0 Å². The number of ether oxygens (including phenoxy) is 3. The molecule has 0 saturated carbocycles. The fourth-order valence-corrected chi connectivity index (χ4v) is 4.33. The van der Waals surface area contributed by atoms with E-state index in [1.54, 1.807) is 19.5 Å². The summed E-state index contributed by atoms with van der Waals surface area (Å²) in [4.78, 5) is 24.0. The third-order valence-corrected chi connectivity index (χ3v) is 6.47. The van der Waals surface area contributed by atoms with Crippen molar-refractivity contribution in [1.82, 2.24) is 9.97 Å². The topological polar surface area (TPSA) is 94.0 Å². The lowest BCUT2D eigenvalue weighted by Gasteiger charge is -2.41. The summed E-state index contributed by atoms with van der Waals surface area (Å²) in [6, 6.07) is 3.80. The molecule has 36 heavy (non-hydrogen) atoms. The molecule has 0 radical (unpaired) electrons. The number of carbonyl (C=O) groups is 1. The largest absolute Gasteiger partial charge is 0.492 e. The summed E-state index contributed by atoms with van der Waals surface area (Å²) in [5.74, 6) is 0.0627. The van der Waals surface area contributed by atoms with Gasteiger partial charge in [-0.25, -0.2) is 4.79 Å². The van der Waals surface area contributed by atoms with Gasteiger partial charge in [0.15, 0.2) is 6.10 Å². The molecular weight excluding hydrogens is 458 g/mol. The lowest BCUT2D eigenvalue weighted by Crippen LogP contribution is -2.44. The Balaban J connectivity index is 2.13. The van der Waals surface area contributed by atoms with Crippen molar-refractivity contribution in [2.45, 2.75) is 78.6 Å². The van der Waals surface area contributed by atoms with Gasteiger partial charge in [-0.2, -0.15) is 0 Å². The van der Waals surface area contributed by atoms with Gasteiger partial charge < -0.3 is 24.2 Å². The second-order valence-electron chi connectivity index (χ2n) is 11.2. The first-order chi connectivity index (χ1) is 16.8. The third kappa shape index (κ3) is 6.73. The van der Waals surface area contributed by atoms with Gasteiger partial charge in [-0.3, -0.25) is 9.97 Å². The Hall–Kier alpha value is -2.71. The SMILES string of the molecule is COC1(C)CCN(c2c(-c3ccc(OCC(C)C)cn3)cnc(C)c2[C@H](OC(C)(C)C)C(=O)O)CC1. The molecule has 1 saturated heterocycles. The minimum Gasteiger partial charge on any atom is -0.492 e. The van der Waals surface area contributed by atoms with Crippen LogP contribution >= 0.6 is 0 Å². The summed E-state index contributed by atoms with van der Waals surface area (Å²) in [5, 5.41) is 10.2. The number of nitrogens with zero attached hydrogens (tertiary/aromatic N) is 3. The van der Waals surface area contributed by atoms with Gasteiger partial charge in [0, 0.05) is 43.2 Å². The number of aromatic nitrogens is 2. The van der Waals surface area contributed by atoms with Crippen LogP contribution in [0.5, 0.6) is 5.75 Å². The smallest absolute Gasteiger partial charge is 0.337 e. The summed E-state index contributed by atoms with van der Waals surface area (Å²) >= 11 is 0. The molecular formula is C28H41N3O5. The zero-order valence-electron chi connectivity index (χ0n) is 22.9. The average Bonchev–Trinajstić information content (AvgIpc) is 2.81. The molecule has 1 aliphatic rings. The number of carboxylic acid groups (broad SMARTS) is 1. The maximum Gasteiger partial charge on any atom is 0.337 e. The number of piperidine rings is 1. The van der Waals surface area contributed by atoms with Crippen molar-refractivity contribution in [2.24, 2.45) is 5.92 Å². The van der Waals surface area contributed by atoms with E-state index in [9.17, 15) is 9.90 Å². The predicted octanol–water partition coefficient (Wildman–Crippen LogP) is 5.43. The van der Waals surface area contributed by atoms with Crippen LogP contribution in [0.2, 0.25) is 0 Å². The van der Waals surface area contributed by atoms with Crippen LogP contribution in [-0.2, 0) is 14.3 Å². The van der Waals surface area contributed by atoms with Crippen molar-refractivity contribution in [3.63, 3.8) is 0 Å². The number of carboxylic acids is 1. The Labute approximate surface area is 215 Å². The highest BCUT2D eigenvalue weighted by Crippen LogP contribution is 2.42. The molecule has 8 heteroatoms. The third-order valence-electron chi connectivity index (χ3n) is 6.47. The summed E-state index contributed by atoms with van der Waals surface area (Å²) in [5.41, 5.74) is 2.61. The highest BCUT2D eigenvalue weighted by molar-refractivity contribution is 5.85. The average molecular weight is 500 g/mol. The Morgan fingerprint density at radius 3 is 2.33 bits per heavy atom. The van der Waals surface area contributed by atoms with Gasteiger partial charge in [0.25, 0.3) is 0 Å². The molecule has 3 rings (SSSR count). The van der Waals surface area contributed by atoms with Crippen LogP contribution in [-0.4, -0.2) is 59.1 Å². The Morgan fingerprint density at radius 1 is 1.17 bits per heavy atom. The monoisotopic (exact) mass is 499 g/mol. The van der Waals surface area contributed by atoms with Crippen molar-refractivity contribution in [3.8, 4) is 17.0 Å². The lowest BCUT2D eigenvalue weighted by molar-refractivity contribution is -0.160. The van der Waals surface area contributed by atoms with E-state index in [-0.39, 0.29) is 5.60 Å². The molecule has 8 nitrogen and oxygen atoms in total. The van der Waals surface area contributed by atoms with E-state index >= 15 is 0 Å². The second kappa shape index (κ2) is 11.1. The van der Waals surface area contributed by atoms with E-state index in [0.717, 1.165) is 24.1 Å². The maximum absolute atomic E-state index is 12.5. The van der Waals surface area contributed by atoms with Crippen molar-refractivity contribution in [3.05, 3.63) is 35.8 Å². The molecule has 198 valence electrons. The first-order valence-electron chi connectivity index (χ1n) is 12.6. The highest BCUT2D eigenvalue weighted by Gasteiger charge is 2.37. The molecule has 0 spiro atoms. The summed E-state index contributed by atoms with van der Waals surface area (Å²) < 4.78 is 17.7. The van der Waals surface area contributed by atoms with E-state index in [1.807, 2.05) is 39.8 Å². The van der Waals surface area contributed by atoms with Crippen LogP contribution in [0.4, 0.5) is 5.69 Å².